The quantitative estimate of drug-likeness (QED) is 0.0362. The number of nitrogens with two attached hydrogens (primary N) is 1. The van der Waals surface area contributed by atoms with Crippen molar-refractivity contribution in [1.29, 1.82) is 0 Å². The van der Waals surface area contributed by atoms with Gasteiger partial charge >= 0.3 is 0 Å². The Bertz CT molecular complexity index is 2850. The van der Waals surface area contributed by atoms with E-state index >= 15 is 0 Å². The second-order valence-electron chi connectivity index (χ2n) is 14.3. The third kappa shape index (κ3) is 15.2. The standard InChI is InChI=1S/3C15H12O2.C12H9N3.Eu/c3*16-14(12-7-3-1-4-8-12)11-15(17)13-9-5-2-6-10-13;13-10-7-8-3-1-5-14-11(8)12-9(10)4-2-6-15-12;/h3*1-11,16H;1-7H,13H2;/b2*14-11+;14-11-;;. The number of aromatic nitrogens is 2. The topological polar surface area (TPSA) is 164 Å². The molecule has 0 saturated heterocycles. The van der Waals surface area contributed by atoms with Crippen molar-refractivity contribution in [2.45, 2.75) is 0 Å². The number of nitrogen functional groups attached to an aromatic ring is 1. The van der Waals surface area contributed by atoms with E-state index in [2.05, 4.69) is 9.97 Å². The number of pyridine rings is 2. The van der Waals surface area contributed by atoms with Gasteiger partial charge in [-0.2, -0.15) is 0 Å². The van der Waals surface area contributed by atoms with Crippen LogP contribution in [0.5, 0.6) is 0 Å². The molecule has 9 rings (SSSR count). The minimum atomic E-state index is -0.202. The van der Waals surface area contributed by atoms with E-state index in [1.54, 1.807) is 122 Å². The fraction of sp³-hybridized carbons (Fsp3) is 0. The first-order valence-corrected chi connectivity index (χ1v) is 20.7. The van der Waals surface area contributed by atoms with Gasteiger partial charge in [0.2, 0.25) is 0 Å². The average Bonchev–Trinajstić information content (AvgIpc) is 3.38. The molecule has 0 aliphatic rings. The number of aliphatic hydroxyl groups is 3. The number of rotatable bonds is 9. The average molecular weight is 1020 g/mol. The number of hydrogen-bond acceptors (Lipinski definition) is 9. The number of nitrogens with zero attached hydrogens (tertiary/aromatic N) is 2. The van der Waals surface area contributed by atoms with Crippen molar-refractivity contribution in [1.82, 2.24) is 9.97 Å². The number of hydrogen-bond donors (Lipinski definition) is 4. The van der Waals surface area contributed by atoms with Crippen molar-refractivity contribution >= 4 is 62.1 Å². The summed E-state index contributed by atoms with van der Waals surface area (Å²) in [5, 5.41) is 31.4. The summed E-state index contributed by atoms with van der Waals surface area (Å²) in [4.78, 5) is 44.0. The van der Waals surface area contributed by atoms with E-state index in [1.807, 2.05) is 103 Å². The summed E-state index contributed by atoms with van der Waals surface area (Å²) in [6.07, 6.45) is 7.25. The molecule has 5 N–H and O–H groups in total. The van der Waals surface area contributed by atoms with Gasteiger partial charge < -0.3 is 21.1 Å². The van der Waals surface area contributed by atoms with Crippen LogP contribution < -0.4 is 5.73 Å². The van der Waals surface area contributed by atoms with Crippen LogP contribution in [0.25, 0.3) is 39.1 Å². The van der Waals surface area contributed by atoms with Gasteiger partial charge in [0.25, 0.3) is 0 Å². The summed E-state index contributed by atoms with van der Waals surface area (Å²) in [5.74, 6) is -0.649. The molecule has 0 amide bonds. The molecule has 7 aromatic carbocycles. The first-order valence-electron chi connectivity index (χ1n) is 20.7. The molecule has 0 unspecified atom stereocenters. The monoisotopic (exact) mass is 1020 g/mol. The van der Waals surface area contributed by atoms with Gasteiger partial charge in [0.1, 0.15) is 17.3 Å². The molecule has 0 fully saturated rings. The normalized spacial score (nSPS) is 11.0. The van der Waals surface area contributed by atoms with Crippen LogP contribution in [0, 0.1) is 49.4 Å². The second-order valence-corrected chi connectivity index (χ2v) is 14.3. The number of anilines is 1. The van der Waals surface area contributed by atoms with Gasteiger partial charge in [-0.05, 0) is 24.3 Å². The number of aliphatic hydroxyl groups excluding tert-OH is 3. The molecular weight excluding hydrogens is 975 g/mol. The van der Waals surface area contributed by atoms with Crippen LogP contribution in [0.2, 0.25) is 0 Å². The molecule has 67 heavy (non-hydrogen) atoms. The summed E-state index contributed by atoms with van der Waals surface area (Å²) >= 11 is 0. The van der Waals surface area contributed by atoms with Crippen molar-refractivity contribution in [2.24, 2.45) is 0 Å². The summed E-state index contributed by atoms with van der Waals surface area (Å²) in [5.41, 5.74) is 12.1. The number of carbonyl (C=O) groups excluding carboxylic acids is 3. The summed E-state index contributed by atoms with van der Waals surface area (Å²) in [7, 11) is 0. The third-order valence-electron chi connectivity index (χ3n) is 9.68. The smallest absolute Gasteiger partial charge is 0.189 e. The molecule has 0 saturated carbocycles. The van der Waals surface area contributed by atoms with Crippen LogP contribution in [0.15, 0.2) is 243 Å². The van der Waals surface area contributed by atoms with Gasteiger partial charge in [-0.25, -0.2) is 0 Å². The van der Waals surface area contributed by atoms with Gasteiger partial charge in [-0.15, -0.1) is 0 Å². The molecule has 0 aliphatic carbocycles. The van der Waals surface area contributed by atoms with Crippen molar-refractivity contribution in [3.8, 4) is 0 Å². The zero-order valence-corrected chi connectivity index (χ0v) is 38.4. The molecule has 0 atom stereocenters. The Labute approximate surface area is 429 Å². The Morgan fingerprint density at radius 2 is 0.657 bits per heavy atom. The molecule has 10 heteroatoms. The minimum Gasteiger partial charge on any atom is -0.507 e. The fourth-order valence-corrected chi connectivity index (χ4v) is 6.31. The maximum Gasteiger partial charge on any atom is 0.189 e. The van der Waals surface area contributed by atoms with Gasteiger partial charge in [-0.1, -0.05) is 188 Å². The molecule has 2 aromatic heterocycles. The van der Waals surface area contributed by atoms with E-state index in [-0.39, 0.29) is 84.0 Å². The summed E-state index contributed by atoms with van der Waals surface area (Å²) < 4.78 is 0. The SMILES string of the molecule is Nc1cc2cccnc2c2ncccc12.O=C(/C=C(/O)c1ccccc1)c1ccccc1.O=C(/C=C(/O)c1ccccc1)c1ccccc1.O=C(/C=C(\O)c1ccccc1)c1ccccc1.[Eu]. The number of fused-ring (bicyclic) bond motifs is 3. The number of ketones is 3. The molecular formula is C57H45EuN3O6. The third-order valence-corrected chi connectivity index (χ3v) is 9.68. The van der Waals surface area contributed by atoms with Crippen LogP contribution >= 0.6 is 0 Å². The Morgan fingerprint density at radius 3 is 0.985 bits per heavy atom. The molecule has 0 aliphatic heterocycles. The molecule has 1 radical (unpaired) electrons. The Kier molecular flexibility index (Phi) is 19.8. The minimum absolute atomic E-state index is 0. The van der Waals surface area contributed by atoms with Crippen molar-refractivity contribution < 1.29 is 79.1 Å². The van der Waals surface area contributed by atoms with Crippen LogP contribution in [0.3, 0.4) is 0 Å². The summed E-state index contributed by atoms with van der Waals surface area (Å²) in [6, 6.07) is 63.2. The van der Waals surface area contributed by atoms with E-state index in [9.17, 15) is 29.7 Å². The van der Waals surface area contributed by atoms with Crippen LogP contribution in [0.1, 0.15) is 47.8 Å². The zero-order valence-electron chi connectivity index (χ0n) is 36.0. The van der Waals surface area contributed by atoms with Crippen molar-refractivity contribution in [2.75, 3.05) is 5.73 Å². The largest absolute Gasteiger partial charge is 0.507 e. The zero-order chi connectivity index (χ0) is 46.5. The number of carbonyl (C=O) groups is 3. The predicted molar refractivity (Wildman–Crippen MR) is 265 cm³/mol. The van der Waals surface area contributed by atoms with E-state index < -0.39 is 0 Å². The molecule has 2 heterocycles. The van der Waals surface area contributed by atoms with Crippen molar-refractivity contribution in [3.63, 3.8) is 0 Å². The van der Waals surface area contributed by atoms with Crippen LogP contribution in [0.4, 0.5) is 5.69 Å². The predicted octanol–water partition coefficient (Wildman–Crippen LogP) is 12.8. The summed E-state index contributed by atoms with van der Waals surface area (Å²) in [6.45, 7) is 0. The van der Waals surface area contributed by atoms with Crippen molar-refractivity contribution in [3.05, 3.63) is 276 Å². The van der Waals surface area contributed by atoms with Gasteiger partial charge in [-0.3, -0.25) is 24.4 Å². The number of benzene rings is 7. The van der Waals surface area contributed by atoms with Crippen LogP contribution in [-0.2, 0) is 0 Å². The molecule has 9 aromatic rings. The number of allylic oxidation sites excluding steroid dienone is 3. The van der Waals surface area contributed by atoms with Gasteiger partial charge in [0.05, 0.1) is 11.0 Å². The maximum atomic E-state index is 11.8. The molecule has 331 valence electrons. The second kappa shape index (κ2) is 26.4. The first-order chi connectivity index (χ1) is 32.2. The molecule has 0 spiro atoms. The fourth-order valence-electron chi connectivity index (χ4n) is 6.31. The Hall–Kier alpha value is -7.63. The van der Waals surface area contributed by atoms with E-state index in [0.717, 1.165) is 27.5 Å². The van der Waals surface area contributed by atoms with E-state index in [1.165, 1.54) is 18.2 Å². The van der Waals surface area contributed by atoms with Crippen LogP contribution in [-0.4, -0.2) is 42.6 Å². The Morgan fingerprint density at radius 1 is 0.373 bits per heavy atom. The van der Waals surface area contributed by atoms with E-state index in [0.29, 0.717) is 33.4 Å². The Balaban J connectivity index is 0.000000166. The van der Waals surface area contributed by atoms with Gasteiger partial charge in [0, 0.05) is 130 Å². The first kappa shape index (κ1) is 50.4. The maximum absolute atomic E-state index is 11.8. The van der Waals surface area contributed by atoms with Gasteiger partial charge in [0.15, 0.2) is 17.3 Å². The van der Waals surface area contributed by atoms with E-state index in [4.69, 9.17) is 5.73 Å². The molecule has 9 nitrogen and oxygen atoms in total. The molecule has 0 bridgehead atoms.